The zero-order valence-electron chi connectivity index (χ0n) is 12.7. The molecule has 0 radical (unpaired) electrons. The Kier molecular flexibility index (Phi) is 6.70. The minimum atomic E-state index is -0.380. The van der Waals surface area contributed by atoms with Crippen molar-refractivity contribution in [2.45, 2.75) is 24.2 Å². The third-order valence-electron chi connectivity index (χ3n) is 3.40. The van der Waals surface area contributed by atoms with Crippen molar-refractivity contribution >= 4 is 29.3 Å². The number of hydrogen-bond donors (Lipinski definition) is 1. The third-order valence-corrected chi connectivity index (χ3v) is 4.34. The maximum atomic E-state index is 11.9. The van der Waals surface area contributed by atoms with Crippen LogP contribution in [0.1, 0.15) is 19.3 Å². The number of anilines is 1. The zero-order valence-corrected chi connectivity index (χ0v) is 13.5. The van der Waals surface area contributed by atoms with Crippen LogP contribution in [0.15, 0.2) is 41.3 Å². The Labute approximate surface area is 139 Å². The highest BCUT2D eigenvalue weighted by atomic mass is 32.2. The molecule has 0 unspecified atom stereocenters. The number of hydrogen-bond acceptors (Lipinski definition) is 5. The average Bonchev–Trinajstić information content (AvgIpc) is 2.59. The summed E-state index contributed by atoms with van der Waals surface area (Å²) in [6, 6.07) is 9.27. The van der Waals surface area contributed by atoms with Crippen molar-refractivity contribution in [3.8, 4) is 6.07 Å². The second kappa shape index (κ2) is 9.01. The Morgan fingerprint density at radius 3 is 2.91 bits per heavy atom. The van der Waals surface area contributed by atoms with Gasteiger partial charge in [-0.2, -0.15) is 5.26 Å². The van der Waals surface area contributed by atoms with Gasteiger partial charge in [0.1, 0.15) is 0 Å². The molecule has 120 valence electrons. The number of benzene rings is 1. The molecule has 2 rings (SSSR count). The normalized spacial score (nSPS) is 16.4. The van der Waals surface area contributed by atoms with Crippen LogP contribution in [-0.4, -0.2) is 24.2 Å². The molecule has 1 aliphatic carbocycles. The van der Waals surface area contributed by atoms with Gasteiger partial charge in [-0.05, 0) is 31.4 Å². The summed E-state index contributed by atoms with van der Waals surface area (Å²) in [5.41, 5.74) is 0.620. The summed E-state index contributed by atoms with van der Waals surface area (Å²) in [5, 5.41) is 11.4. The molecule has 0 saturated carbocycles. The molecule has 0 heterocycles. The summed E-state index contributed by atoms with van der Waals surface area (Å²) < 4.78 is 5.09. The van der Waals surface area contributed by atoms with E-state index in [-0.39, 0.29) is 24.4 Å². The lowest BCUT2D eigenvalue weighted by Gasteiger charge is -2.16. The van der Waals surface area contributed by atoms with Crippen molar-refractivity contribution in [2.24, 2.45) is 5.92 Å². The molecule has 23 heavy (non-hydrogen) atoms. The van der Waals surface area contributed by atoms with E-state index in [9.17, 15) is 9.59 Å². The van der Waals surface area contributed by atoms with Crippen LogP contribution in [0.2, 0.25) is 0 Å². The lowest BCUT2D eigenvalue weighted by Crippen LogP contribution is -2.25. The topological polar surface area (TPSA) is 79.2 Å². The van der Waals surface area contributed by atoms with Gasteiger partial charge in [-0.3, -0.25) is 9.59 Å². The minimum Gasteiger partial charge on any atom is -0.455 e. The molecular formula is C17H18N2O3S. The highest BCUT2D eigenvalue weighted by Gasteiger charge is 2.21. The summed E-state index contributed by atoms with van der Waals surface area (Å²) in [7, 11) is 0. The number of carbonyl (C=O) groups is 2. The Bertz CT molecular complexity index is 637. The SMILES string of the molecule is N#CCSc1ccccc1NC(=O)COC(=O)[C@H]1CC=CCC1. The Hall–Kier alpha value is -2.26. The van der Waals surface area contributed by atoms with Crippen LogP contribution in [0.25, 0.3) is 0 Å². The van der Waals surface area contributed by atoms with Crippen LogP contribution < -0.4 is 5.32 Å². The maximum Gasteiger partial charge on any atom is 0.309 e. The van der Waals surface area contributed by atoms with E-state index in [4.69, 9.17) is 10.00 Å². The van der Waals surface area contributed by atoms with Gasteiger partial charge in [-0.15, -0.1) is 11.8 Å². The summed E-state index contributed by atoms with van der Waals surface area (Å²) in [6.07, 6.45) is 6.33. The van der Waals surface area contributed by atoms with Crippen molar-refractivity contribution in [1.82, 2.24) is 0 Å². The zero-order chi connectivity index (χ0) is 16.5. The number of allylic oxidation sites excluding steroid dienone is 2. The molecule has 1 amide bonds. The molecule has 6 heteroatoms. The molecule has 0 spiro atoms. The van der Waals surface area contributed by atoms with E-state index < -0.39 is 0 Å². The van der Waals surface area contributed by atoms with E-state index in [2.05, 4.69) is 5.32 Å². The largest absolute Gasteiger partial charge is 0.455 e. The van der Waals surface area contributed by atoms with E-state index >= 15 is 0 Å². The Morgan fingerprint density at radius 1 is 1.35 bits per heavy atom. The van der Waals surface area contributed by atoms with Crippen LogP contribution >= 0.6 is 11.8 Å². The summed E-state index contributed by atoms with van der Waals surface area (Å²) in [6.45, 7) is -0.295. The third kappa shape index (κ3) is 5.46. The summed E-state index contributed by atoms with van der Waals surface area (Å²) in [4.78, 5) is 24.6. The molecule has 0 saturated heterocycles. The van der Waals surface area contributed by atoms with Crippen LogP contribution in [0.5, 0.6) is 0 Å². The van der Waals surface area contributed by atoms with E-state index in [1.807, 2.05) is 30.4 Å². The first kappa shape index (κ1) is 17.1. The van der Waals surface area contributed by atoms with Crippen molar-refractivity contribution in [3.05, 3.63) is 36.4 Å². The number of amides is 1. The molecule has 0 aliphatic heterocycles. The van der Waals surface area contributed by atoms with Gasteiger partial charge in [0.2, 0.25) is 0 Å². The predicted molar refractivity (Wildman–Crippen MR) is 88.8 cm³/mol. The Morgan fingerprint density at radius 2 is 2.17 bits per heavy atom. The summed E-state index contributed by atoms with van der Waals surface area (Å²) >= 11 is 1.34. The highest BCUT2D eigenvalue weighted by molar-refractivity contribution is 7.99. The van der Waals surface area contributed by atoms with Crippen LogP contribution in [0, 0.1) is 17.2 Å². The number of rotatable bonds is 6. The first-order valence-electron chi connectivity index (χ1n) is 7.41. The molecule has 0 bridgehead atoms. The van der Waals surface area contributed by atoms with E-state index in [1.165, 1.54) is 11.8 Å². The first-order valence-corrected chi connectivity index (χ1v) is 8.39. The van der Waals surface area contributed by atoms with Crippen molar-refractivity contribution in [2.75, 3.05) is 17.7 Å². The fourth-order valence-electron chi connectivity index (χ4n) is 2.25. The van der Waals surface area contributed by atoms with Gasteiger partial charge in [0, 0.05) is 4.90 Å². The number of thioether (sulfide) groups is 1. The van der Waals surface area contributed by atoms with E-state index in [1.54, 1.807) is 12.1 Å². The molecule has 1 N–H and O–H groups in total. The van der Waals surface area contributed by atoms with Gasteiger partial charge in [-0.1, -0.05) is 24.3 Å². The quantitative estimate of drug-likeness (QED) is 0.492. The van der Waals surface area contributed by atoms with E-state index in [0.717, 1.165) is 17.7 Å². The fraction of sp³-hybridized carbons (Fsp3) is 0.353. The van der Waals surface area contributed by atoms with Gasteiger partial charge in [0.25, 0.3) is 5.91 Å². The second-order valence-corrected chi connectivity index (χ2v) is 6.10. The van der Waals surface area contributed by atoms with Crippen molar-refractivity contribution in [1.29, 1.82) is 5.26 Å². The van der Waals surface area contributed by atoms with Crippen molar-refractivity contribution in [3.63, 3.8) is 0 Å². The number of nitriles is 1. The second-order valence-electron chi connectivity index (χ2n) is 5.08. The Balaban J connectivity index is 1.84. The fourth-order valence-corrected chi connectivity index (χ4v) is 2.92. The summed E-state index contributed by atoms with van der Waals surface area (Å²) in [5.74, 6) is -0.547. The smallest absolute Gasteiger partial charge is 0.309 e. The maximum absolute atomic E-state index is 11.9. The number of ether oxygens (including phenoxy) is 1. The van der Waals surface area contributed by atoms with Gasteiger partial charge >= 0.3 is 5.97 Å². The minimum absolute atomic E-state index is 0.147. The number of carbonyl (C=O) groups excluding carboxylic acids is 2. The van der Waals surface area contributed by atoms with Crippen molar-refractivity contribution < 1.29 is 14.3 Å². The number of nitrogens with zero attached hydrogens (tertiary/aromatic N) is 1. The first-order chi connectivity index (χ1) is 11.2. The van der Waals surface area contributed by atoms with Crippen LogP contribution in [0.3, 0.4) is 0 Å². The number of para-hydroxylation sites is 1. The van der Waals surface area contributed by atoms with Gasteiger partial charge < -0.3 is 10.1 Å². The molecule has 1 aromatic carbocycles. The standard InChI is InChI=1S/C17H18N2O3S/c18-10-11-23-15-9-5-4-8-14(15)19-16(20)12-22-17(21)13-6-2-1-3-7-13/h1-2,4-5,8-9,13H,3,6-7,11-12H2,(H,19,20)/t13-/m0/s1. The molecule has 1 atom stereocenters. The lowest BCUT2D eigenvalue weighted by molar-refractivity contribution is -0.151. The molecule has 0 fully saturated rings. The highest BCUT2D eigenvalue weighted by Crippen LogP contribution is 2.26. The van der Waals surface area contributed by atoms with E-state index in [0.29, 0.717) is 17.9 Å². The van der Waals surface area contributed by atoms with Crippen LogP contribution in [0.4, 0.5) is 5.69 Å². The van der Waals surface area contributed by atoms with Gasteiger partial charge in [0.05, 0.1) is 23.4 Å². The van der Waals surface area contributed by atoms with Gasteiger partial charge in [0.15, 0.2) is 6.61 Å². The molecule has 1 aliphatic rings. The average molecular weight is 330 g/mol. The van der Waals surface area contributed by atoms with Crippen LogP contribution in [-0.2, 0) is 14.3 Å². The number of nitrogens with one attached hydrogen (secondary N) is 1. The predicted octanol–water partition coefficient (Wildman–Crippen LogP) is 3.14. The monoisotopic (exact) mass is 330 g/mol. The lowest BCUT2D eigenvalue weighted by atomic mass is 9.95. The molecule has 0 aromatic heterocycles. The molecular weight excluding hydrogens is 312 g/mol. The number of esters is 1. The molecule has 5 nitrogen and oxygen atoms in total. The molecule has 1 aromatic rings. The van der Waals surface area contributed by atoms with Gasteiger partial charge in [-0.25, -0.2) is 0 Å².